The molecule has 2 unspecified atom stereocenters. The van der Waals surface area contributed by atoms with E-state index in [9.17, 15) is 0 Å². The first-order chi connectivity index (χ1) is 6.88. The summed E-state index contributed by atoms with van der Waals surface area (Å²) in [5.41, 5.74) is 0. The lowest BCUT2D eigenvalue weighted by Gasteiger charge is -2.23. The Bertz CT molecular complexity index is 132. The lowest BCUT2D eigenvalue weighted by molar-refractivity contribution is 0.449. The summed E-state index contributed by atoms with van der Waals surface area (Å²) in [6, 6.07) is 0.791. The molecule has 14 heavy (non-hydrogen) atoms. The van der Waals surface area contributed by atoms with Crippen molar-refractivity contribution < 1.29 is 0 Å². The van der Waals surface area contributed by atoms with E-state index in [1.165, 1.54) is 44.3 Å². The second-order valence-corrected chi connectivity index (χ2v) is 5.56. The van der Waals surface area contributed by atoms with Crippen LogP contribution in [0, 0.1) is 0 Å². The van der Waals surface area contributed by atoms with Crippen molar-refractivity contribution in [2.45, 2.75) is 63.7 Å². The molecule has 0 bridgehead atoms. The van der Waals surface area contributed by atoms with E-state index in [0.717, 1.165) is 17.8 Å². The second kappa shape index (κ2) is 7.58. The molecule has 1 rings (SSSR count). The highest BCUT2D eigenvalue weighted by Gasteiger charge is 2.24. The minimum Gasteiger partial charge on any atom is -0.313 e. The van der Waals surface area contributed by atoms with Crippen molar-refractivity contribution >= 4 is 11.8 Å². The molecule has 1 nitrogen and oxygen atoms in total. The largest absolute Gasteiger partial charge is 0.313 e. The second-order valence-electron chi connectivity index (χ2n) is 4.21. The Morgan fingerprint density at radius 1 is 1.36 bits per heavy atom. The van der Waals surface area contributed by atoms with Gasteiger partial charge in [-0.3, -0.25) is 0 Å². The fourth-order valence-electron chi connectivity index (χ4n) is 2.22. The van der Waals surface area contributed by atoms with E-state index < -0.39 is 0 Å². The van der Waals surface area contributed by atoms with Crippen molar-refractivity contribution in [1.29, 1.82) is 0 Å². The normalized spacial score (nSPS) is 24.0. The van der Waals surface area contributed by atoms with Crippen LogP contribution in [-0.4, -0.2) is 23.6 Å². The smallest absolute Gasteiger partial charge is 0.0201 e. The summed E-state index contributed by atoms with van der Waals surface area (Å²) in [6.07, 6.45) is 8.42. The topological polar surface area (TPSA) is 12.0 Å². The van der Waals surface area contributed by atoms with Crippen molar-refractivity contribution in [2.24, 2.45) is 0 Å². The summed E-state index contributed by atoms with van der Waals surface area (Å²) in [7, 11) is 0. The van der Waals surface area contributed by atoms with Gasteiger partial charge in [0.2, 0.25) is 0 Å². The molecule has 1 fully saturated rings. The van der Waals surface area contributed by atoms with Gasteiger partial charge in [-0.15, -0.1) is 0 Å². The van der Waals surface area contributed by atoms with E-state index in [1.54, 1.807) is 0 Å². The molecule has 0 radical (unpaired) electrons. The summed E-state index contributed by atoms with van der Waals surface area (Å²) in [5, 5.41) is 4.57. The molecule has 1 heterocycles. The zero-order valence-corrected chi connectivity index (χ0v) is 10.5. The Labute approximate surface area is 93.4 Å². The Balaban J connectivity index is 2.22. The van der Waals surface area contributed by atoms with Gasteiger partial charge in [0.05, 0.1) is 0 Å². The molecule has 0 aliphatic carbocycles. The average molecular weight is 215 g/mol. The van der Waals surface area contributed by atoms with Gasteiger partial charge >= 0.3 is 0 Å². The number of hydrogen-bond donors (Lipinski definition) is 1. The third-order valence-electron chi connectivity index (χ3n) is 3.00. The van der Waals surface area contributed by atoms with E-state index in [0.29, 0.717) is 0 Å². The van der Waals surface area contributed by atoms with E-state index >= 15 is 0 Å². The quantitative estimate of drug-likeness (QED) is 0.653. The fraction of sp³-hybridized carbons (Fsp3) is 1.00. The number of thioether (sulfide) groups is 1. The van der Waals surface area contributed by atoms with Gasteiger partial charge in [-0.25, -0.2) is 0 Å². The maximum absolute atomic E-state index is 3.66. The molecule has 0 aromatic heterocycles. The molecule has 0 saturated carbocycles. The lowest BCUT2D eigenvalue weighted by atomic mass is 10.0. The minimum atomic E-state index is 0.791. The van der Waals surface area contributed by atoms with Crippen LogP contribution in [0.2, 0.25) is 0 Å². The first-order valence-electron chi connectivity index (χ1n) is 6.23. The van der Waals surface area contributed by atoms with Gasteiger partial charge in [0.1, 0.15) is 0 Å². The van der Waals surface area contributed by atoms with Crippen LogP contribution in [0.1, 0.15) is 52.4 Å². The van der Waals surface area contributed by atoms with Crippen LogP contribution in [0.25, 0.3) is 0 Å². The Kier molecular flexibility index (Phi) is 6.70. The van der Waals surface area contributed by atoms with E-state index in [2.05, 4.69) is 30.9 Å². The van der Waals surface area contributed by atoms with Crippen molar-refractivity contribution in [3.63, 3.8) is 0 Å². The Morgan fingerprint density at radius 3 is 2.79 bits per heavy atom. The zero-order chi connectivity index (χ0) is 10.2. The molecule has 1 saturated heterocycles. The summed E-state index contributed by atoms with van der Waals surface area (Å²) < 4.78 is 0. The predicted molar refractivity (Wildman–Crippen MR) is 67.1 cm³/mol. The minimum absolute atomic E-state index is 0.791. The van der Waals surface area contributed by atoms with Crippen LogP contribution in [0.4, 0.5) is 0 Å². The predicted octanol–water partition coefficient (Wildman–Crippen LogP) is 3.44. The summed E-state index contributed by atoms with van der Waals surface area (Å²) >= 11 is 2.19. The highest BCUT2D eigenvalue weighted by molar-refractivity contribution is 8.00. The Hall–Kier alpha value is 0.310. The molecule has 84 valence electrons. The third-order valence-corrected chi connectivity index (χ3v) is 4.52. The van der Waals surface area contributed by atoms with Crippen LogP contribution < -0.4 is 5.32 Å². The standard InChI is InChI=1S/C12H25NS/c1-3-5-6-8-11(13-4-2)12-9-7-10-14-12/h11-13H,3-10H2,1-2H3. The maximum atomic E-state index is 3.66. The molecule has 0 aromatic rings. The molecule has 0 spiro atoms. The molecule has 2 heteroatoms. The number of rotatable bonds is 7. The SMILES string of the molecule is CCCCCC(NCC)C1CCCS1. The van der Waals surface area contributed by atoms with Gasteiger partial charge in [0.15, 0.2) is 0 Å². The highest BCUT2D eigenvalue weighted by Crippen LogP contribution is 2.30. The molecular formula is C12H25NS. The zero-order valence-electron chi connectivity index (χ0n) is 9.72. The summed E-state index contributed by atoms with van der Waals surface area (Å²) in [6.45, 7) is 5.65. The van der Waals surface area contributed by atoms with Crippen molar-refractivity contribution in [3.05, 3.63) is 0 Å². The lowest BCUT2D eigenvalue weighted by Crippen LogP contribution is -2.36. The van der Waals surface area contributed by atoms with Gasteiger partial charge in [0, 0.05) is 11.3 Å². The van der Waals surface area contributed by atoms with E-state index in [4.69, 9.17) is 0 Å². The van der Waals surface area contributed by atoms with Gasteiger partial charge < -0.3 is 5.32 Å². The Morgan fingerprint density at radius 2 is 2.21 bits per heavy atom. The molecule has 1 aliphatic rings. The van der Waals surface area contributed by atoms with Gasteiger partial charge in [-0.2, -0.15) is 11.8 Å². The molecular weight excluding hydrogens is 190 g/mol. The van der Waals surface area contributed by atoms with Crippen molar-refractivity contribution in [3.8, 4) is 0 Å². The highest BCUT2D eigenvalue weighted by atomic mass is 32.2. The average Bonchev–Trinajstić information content (AvgIpc) is 2.70. The van der Waals surface area contributed by atoms with Gasteiger partial charge in [0.25, 0.3) is 0 Å². The fourth-order valence-corrected chi connectivity index (χ4v) is 3.65. The molecule has 0 aromatic carbocycles. The number of nitrogens with one attached hydrogen (secondary N) is 1. The molecule has 1 aliphatic heterocycles. The van der Waals surface area contributed by atoms with Crippen molar-refractivity contribution in [1.82, 2.24) is 5.32 Å². The van der Waals surface area contributed by atoms with Gasteiger partial charge in [-0.1, -0.05) is 33.1 Å². The first-order valence-corrected chi connectivity index (χ1v) is 7.28. The molecule has 1 N–H and O–H groups in total. The molecule has 2 atom stereocenters. The van der Waals surface area contributed by atoms with Crippen LogP contribution in [-0.2, 0) is 0 Å². The van der Waals surface area contributed by atoms with Crippen LogP contribution in [0.15, 0.2) is 0 Å². The summed E-state index contributed by atoms with van der Waals surface area (Å²) in [4.78, 5) is 0. The van der Waals surface area contributed by atoms with E-state index in [1.807, 2.05) is 0 Å². The number of unbranched alkanes of at least 4 members (excludes halogenated alkanes) is 2. The third kappa shape index (κ3) is 4.22. The van der Waals surface area contributed by atoms with Crippen LogP contribution in [0.5, 0.6) is 0 Å². The van der Waals surface area contributed by atoms with E-state index in [-0.39, 0.29) is 0 Å². The first kappa shape index (κ1) is 12.4. The maximum Gasteiger partial charge on any atom is 0.0201 e. The number of hydrogen-bond acceptors (Lipinski definition) is 2. The summed E-state index contributed by atoms with van der Waals surface area (Å²) in [5.74, 6) is 1.39. The monoisotopic (exact) mass is 215 g/mol. The van der Waals surface area contributed by atoms with Crippen LogP contribution >= 0.6 is 11.8 Å². The van der Waals surface area contributed by atoms with Crippen molar-refractivity contribution in [2.75, 3.05) is 12.3 Å². The molecule has 0 amide bonds. The van der Waals surface area contributed by atoms with Crippen LogP contribution in [0.3, 0.4) is 0 Å². The van der Waals surface area contributed by atoms with Gasteiger partial charge in [-0.05, 0) is 31.6 Å².